The molecule has 0 atom stereocenters. The largest absolute Gasteiger partial charge is 0.372 e. The normalized spacial score (nSPS) is 17.3. The number of carbonyl (C=O) groups is 1. The Morgan fingerprint density at radius 3 is 2.12 bits per heavy atom. The molecule has 1 N–H and O–H groups in total. The van der Waals surface area contributed by atoms with Crippen molar-refractivity contribution < 1.29 is 13.2 Å². The molecular weight excluding hydrogens is 348 g/mol. The van der Waals surface area contributed by atoms with Gasteiger partial charge in [0.2, 0.25) is 0 Å². The number of hydrogen-bond donors (Lipinski definition) is 1. The van der Waals surface area contributed by atoms with Crippen molar-refractivity contribution in [1.29, 1.82) is 0 Å². The SMILES string of the molecule is O=C(c1ccc(S(=O)(=O)Nc2ccc(N3CCCC3)cc2)cc1)C1CC1. The van der Waals surface area contributed by atoms with E-state index < -0.39 is 10.0 Å². The van der Waals surface area contributed by atoms with Gasteiger partial charge in [-0.25, -0.2) is 8.42 Å². The summed E-state index contributed by atoms with van der Waals surface area (Å²) in [6, 6.07) is 13.7. The first-order valence-corrected chi connectivity index (χ1v) is 10.5. The van der Waals surface area contributed by atoms with Gasteiger partial charge < -0.3 is 4.90 Å². The Morgan fingerprint density at radius 2 is 1.54 bits per heavy atom. The van der Waals surface area contributed by atoms with Crippen LogP contribution < -0.4 is 9.62 Å². The number of rotatable bonds is 6. The fraction of sp³-hybridized carbons (Fsp3) is 0.350. The zero-order valence-corrected chi connectivity index (χ0v) is 15.3. The van der Waals surface area contributed by atoms with Crippen molar-refractivity contribution >= 4 is 27.2 Å². The maximum Gasteiger partial charge on any atom is 0.261 e. The highest BCUT2D eigenvalue weighted by Gasteiger charge is 2.30. The molecule has 1 aliphatic heterocycles. The molecule has 1 aliphatic carbocycles. The van der Waals surface area contributed by atoms with Crippen molar-refractivity contribution in [3.63, 3.8) is 0 Å². The molecule has 4 rings (SSSR count). The van der Waals surface area contributed by atoms with Gasteiger partial charge in [-0.15, -0.1) is 0 Å². The second-order valence-corrected chi connectivity index (χ2v) is 8.69. The molecule has 2 fully saturated rings. The average molecular weight is 370 g/mol. The summed E-state index contributed by atoms with van der Waals surface area (Å²) in [4.78, 5) is 14.5. The summed E-state index contributed by atoms with van der Waals surface area (Å²) in [5.41, 5.74) is 2.24. The van der Waals surface area contributed by atoms with Gasteiger partial charge in [0.15, 0.2) is 5.78 Å². The summed E-state index contributed by atoms with van der Waals surface area (Å²) in [7, 11) is -3.67. The summed E-state index contributed by atoms with van der Waals surface area (Å²) < 4.78 is 27.7. The number of sulfonamides is 1. The summed E-state index contributed by atoms with van der Waals surface area (Å²) >= 11 is 0. The zero-order valence-electron chi connectivity index (χ0n) is 14.5. The standard InChI is InChI=1S/C20H22N2O3S/c23-20(15-3-4-15)16-5-11-19(12-6-16)26(24,25)21-17-7-9-18(10-8-17)22-13-1-2-14-22/h5-12,15,21H,1-4,13-14H2. The topological polar surface area (TPSA) is 66.5 Å². The Labute approximate surface area is 154 Å². The van der Waals surface area contributed by atoms with Crippen LogP contribution in [-0.2, 0) is 10.0 Å². The van der Waals surface area contributed by atoms with Crippen molar-refractivity contribution in [1.82, 2.24) is 0 Å². The Morgan fingerprint density at radius 1 is 0.923 bits per heavy atom. The lowest BCUT2D eigenvalue weighted by molar-refractivity contribution is 0.0967. The first-order chi connectivity index (χ1) is 12.5. The van der Waals surface area contributed by atoms with Crippen molar-refractivity contribution in [2.45, 2.75) is 30.6 Å². The molecule has 2 aliphatic rings. The van der Waals surface area contributed by atoms with Gasteiger partial charge in [0.05, 0.1) is 4.90 Å². The highest BCUT2D eigenvalue weighted by atomic mass is 32.2. The van der Waals surface area contributed by atoms with Crippen LogP contribution in [0, 0.1) is 5.92 Å². The molecule has 0 radical (unpaired) electrons. The molecule has 2 aromatic carbocycles. The van der Waals surface area contributed by atoms with E-state index in [1.54, 1.807) is 24.3 Å². The average Bonchev–Trinajstić information content (AvgIpc) is 3.36. The fourth-order valence-corrected chi connectivity index (χ4v) is 4.37. The monoisotopic (exact) mass is 370 g/mol. The third kappa shape index (κ3) is 3.60. The van der Waals surface area contributed by atoms with Crippen LogP contribution in [0.15, 0.2) is 53.4 Å². The minimum atomic E-state index is -3.67. The number of anilines is 2. The van der Waals surface area contributed by atoms with E-state index >= 15 is 0 Å². The molecule has 5 nitrogen and oxygen atoms in total. The van der Waals surface area contributed by atoms with Crippen molar-refractivity contribution in [3.8, 4) is 0 Å². The fourth-order valence-electron chi connectivity index (χ4n) is 3.31. The highest BCUT2D eigenvalue weighted by molar-refractivity contribution is 7.92. The van der Waals surface area contributed by atoms with Crippen LogP contribution >= 0.6 is 0 Å². The molecule has 0 amide bonds. The first-order valence-electron chi connectivity index (χ1n) is 9.05. The second kappa shape index (κ2) is 6.76. The van der Waals surface area contributed by atoms with Gasteiger partial charge in [-0.05, 0) is 62.1 Å². The molecule has 0 aromatic heterocycles. The van der Waals surface area contributed by atoms with E-state index in [0.717, 1.165) is 31.6 Å². The van der Waals surface area contributed by atoms with Gasteiger partial charge in [0.25, 0.3) is 10.0 Å². The number of carbonyl (C=O) groups excluding carboxylic acids is 1. The Balaban J connectivity index is 1.46. The molecule has 6 heteroatoms. The lowest BCUT2D eigenvalue weighted by atomic mass is 10.1. The molecule has 0 unspecified atom stereocenters. The number of Topliss-reactive ketones (excluding diaryl/α,β-unsaturated/α-hetero) is 1. The van der Waals surface area contributed by atoms with Crippen LogP contribution in [0.3, 0.4) is 0 Å². The van der Waals surface area contributed by atoms with E-state index in [4.69, 9.17) is 0 Å². The van der Waals surface area contributed by atoms with E-state index in [0.29, 0.717) is 11.3 Å². The Bertz CT molecular complexity index is 895. The molecule has 0 bridgehead atoms. The van der Waals surface area contributed by atoms with E-state index in [2.05, 4.69) is 9.62 Å². The molecule has 1 saturated heterocycles. The van der Waals surface area contributed by atoms with Crippen LogP contribution in [0.2, 0.25) is 0 Å². The molecular formula is C20H22N2O3S. The number of ketones is 1. The van der Waals surface area contributed by atoms with E-state index in [1.807, 2.05) is 12.1 Å². The van der Waals surface area contributed by atoms with Gasteiger partial charge in [-0.2, -0.15) is 0 Å². The van der Waals surface area contributed by atoms with E-state index in [1.165, 1.54) is 25.0 Å². The molecule has 2 aromatic rings. The van der Waals surface area contributed by atoms with Gasteiger partial charge >= 0.3 is 0 Å². The summed E-state index contributed by atoms with van der Waals surface area (Å²) in [6.07, 6.45) is 4.28. The van der Waals surface area contributed by atoms with Gasteiger partial charge in [-0.1, -0.05) is 12.1 Å². The molecule has 136 valence electrons. The third-order valence-electron chi connectivity index (χ3n) is 4.99. The van der Waals surface area contributed by atoms with Crippen molar-refractivity contribution in [2.24, 2.45) is 5.92 Å². The maximum atomic E-state index is 12.6. The summed E-state index contributed by atoms with van der Waals surface area (Å²) in [6.45, 7) is 2.11. The molecule has 26 heavy (non-hydrogen) atoms. The number of nitrogens with zero attached hydrogens (tertiary/aromatic N) is 1. The molecule has 1 saturated carbocycles. The lowest BCUT2D eigenvalue weighted by Gasteiger charge is -2.18. The zero-order chi connectivity index (χ0) is 18.1. The molecule has 1 heterocycles. The van der Waals surface area contributed by atoms with Gasteiger partial charge in [0, 0.05) is 35.9 Å². The van der Waals surface area contributed by atoms with Crippen LogP contribution in [0.25, 0.3) is 0 Å². The second-order valence-electron chi connectivity index (χ2n) is 7.01. The lowest BCUT2D eigenvalue weighted by Crippen LogP contribution is -2.17. The number of hydrogen-bond acceptors (Lipinski definition) is 4. The van der Waals surface area contributed by atoms with Crippen molar-refractivity contribution in [2.75, 3.05) is 22.7 Å². The number of nitrogens with one attached hydrogen (secondary N) is 1. The minimum absolute atomic E-state index is 0.111. The predicted molar refractivity (Wildman–Crippen MR) is 102 cm³/mol. The predicted octanol–water partition coefficient (Wildman–Crippen LogP) is 3.68. The smallest absolute Gasteiger partial charge is 0.261 e. The summed E-state index contributed by atoms with van der Waals surface area (Å²) in [5, 5.41) is 0. The molecule has 0 spiro atoms. The number of benzene rings is 2. The Kier molecular flexibility index (Phi) is 4.44. The van der Waals surface area contributed by atoms with Crippen LogP contribution in [0.5, 0.6) is 0 Å². The highest BCUT2D eigenvalue weighted by Crippen LogP contribution is 2.32. The summed E-state index contributed by atoms with van der Waals surface area (Å²) in [5.74, 6) is 0.240. The van der Waals surface area contributed by atoms with Gasteiger partial charge in [0.1, 0.15) is 0 Å². The quantitative estimate of drug-likeness (QED) is 0.788. The van der Waals surface area contributed by atoms with Crippen LogP contribution in [0.1, 0.15) is 36.0 Å². The third-order valence-corrected chi connectivity index (χ3v) is 6.39. The van der Waals surface area contributed by atoms with E-state index in [9.17, 15) is 13.2 Å². The first kappa shape index (κ1) is 17.1. The van der Waals surface area contributed by atoms with Gasteiger partial charge in [-0.3, -0.25) is 9.52 Å². The van der Waals surface area contributed by atoms with E-state index in [-0.39, 0.29) is 16.6 Å². The Hall–Kier alpha value is -2.34. The van der Waals surface area contributed by atoms with Crippen LogP contribution in [-0.4, -0.2) is 27.3 Å². The van der Waals surface area contributed by atoms with Crippen LogP contribution in [0.4, 0.5) is 11.4 Å². The maximum absolute atomic E-state index is 12.6. The minimum Gasteiger partial charge on any atom is -0.372 e. The van der Waals surface area contributed by atoms with Crippen molar-refractivity contribution in [3.05, 3.63) is 54.1 Å².